The Morgan fingerprint density at radius 3 is 2.68 bits per heavy atom. The molecular weight excluding hydrogens is 286 g/mol. The van der Waals surface area contributed by atoms with Crippen LogP contribution >= 0.6 is 0 Å². The first-order chi connectivity index (χ1) is 10.6. The van der Waals surface area contributed by atoms with Crippen molar-refractivity contribution in [2.24, 2.45) is 7.05 Å². The lowest BCUT2D eigenvalue weighted by atomic mass is 10.1. The van der Waals surface area contributed by atoms with E-state index in [-0.39, 0.29) is 13.0 Å². The van der Waals surface area contributed by atoms with Crippen LogP contribution in [0.5, 0.6) is 0 Å². The van der Waals surface area contributed by atoms with E-state index in [9.17, 15) is 9.59 Å². The molecule has 0 unspecified atom stereocenters. The molecule has 0 fully saturated rings. The number of aliphatic carboxylic acids is 1. The van der Waals surface area contributed by atoms with E-state index in [1.165, 1.54) is 6.20 Å². The van der Waals surface area contributed by atoms with Gasteiger partial charge in [0.05, 0.1) is 30.7 Å². The summed E-state index contributed by atoms with van der Waals surface area (Å²) in [4.78, 5) is 26.7. The zero-order valence-electron chi connectivity index (χ0n) is 12.1. The van der Waals surface area contributed by atoms with Gasteiger partial charge in [-0.05, 0) is 5.56 Å². The number of imidazole rings is 1. The standard InChI is InChI=1S/C15H17N3O4/c1-18-10-16-8-13(18)12(7-14(19)20)17-15(21)22-9-11-5-3-2-4-6-11/h2-6,8,10,12H,7,9H2,1H3,(H,17,21)(H,19,20)/t12-/m0/s1. The van der Waals surface area contributed by atoms with Crippen molar-refractivity contribution in [3.05, 3.63) is 54.1 Å². The monoisotopic (exact) mass is 303 g/mol. The third-order valence-corrected chi connectivity index (χ3v) is 3.09. The highest BCUT2D eigenvalue weighted by Gasteiger charge is 2.21. The summed E-state index contributed by atoms with van der Waals surface area (Å²) in [6.07, 6.45) is 2.14. The summed E-state index contributed by atoms with van der Waals surface area (Å²) in [5, 5.41) is 11.5. The summed E-state index contributed by atoms with van der Waals surface area (Å²) in [7, 11) is 1.73. The second kappa shape index (κ2) is 7.26. The van der Waals surface area contributed by atoms with Gasteiger partial charge in [0, 0.05) is 7.05 Å². The van der Waals surface area contributed by atoms with Crippen LogP contribution < -0.4 is 5.32 Å². The number of carboxylic acid groups (broad SMARTS) is 1. The smallest absolute Gasteiger partial charge is 0.408 e. The number of nitrogens with zero attached hydrogens (tertiary/aromatic N) is 2. The number of nitrogens with one attached hydrogen (secondary N) is 1. The minimum absolute atomic E-state index is 0.123. The molecule has 7 nitrogen and oxygen atoms in total. The van der Waals surface area contributed by atoms with Crippen LogP contribution in [0.2, 0.25) is 0 Å². The predicted molar refractivity (Wildman–Crippen MR) is 78.0 cm³/mol. The molecule has 2 N–H and O–H groups in total. The van der Waals surface area contributed by atoms with Gasteiger partial charge < -0.3 is 19.7 Å². The average molecular weight is 303 g/mol. The molecule has 22 heavy (non-hydrogen) atoms. The van der Waals surface area contributed by atoms with E-state index < -0.39 is 18.1 Å². The SMILES string of the molecule is Cn1cncc1[C@H](CC(=O)O)NC(=O)OCc1ccccc1. The molecule has 0 saturated carbocycles. The average Bonchev–Trinajstić information content (AvgIpc) is 2.91. The van der Waals surface area contributed by atoms with Gasteiger partial charge in [0.1, 0.15) is 6.61 Å². The Kier molecular flexibility index (Phi) is 5.13. The molecule has 2 aromatic rings. The highest BCUT2D eigenvalue weighted by atomic mass is 16.5. The number of alkyl carbamates (subject to hydrolysis) is 1. The van der Waals surface area contributed by atoms with Gasteiger partial charge >= 0.3 is 12.1 Å². The summed E-state index contributed by atoms with van der Waals surface area (Å²) >= 11 is 0. The maximum absolute atomic E-state index is 11.9. The van der Waals surface area contributed by atoms with Gasteiger partial charge in [0.2, 0.25) is 0 Å². The number of benzene rings is 1. The van der Waals surface area contributed by atoms with Gasteiger partial charge in [0.15, 0.2) is 0 Å². The number of carboxylic acids is 1. The fraction of sp³-hybridized carbons (Fsp3) is 0.267. The van der Waals surface area contributed by atoms with Crippen LogP contribution in [0.1, 0.15) is 23.7 Å². The molecule has 0 saturated heterocycles. The molecule has 0 aliphatic rings. The van der Waals surface area contributed by atoms with Crippen LogP contribution in [0.4, 0.5) is 4.79 Å². The van der Waals surface area contributed by atoms with Crippen LogP contribution in [0.25, 0.3) is 0 Å². The number of aryl methyl sites for hydroxylation is 1. The Balaban J connectivity index is 1.96. The molecule has 7 heteroatoms. The summed E-state index contributed by atoms with van der Waals surface area (Å²) in [5.74, 6) is -1.02. The van der Waals surface area contributed by atoms with Gasteiger partial charge in [0.25, 0.3) is 0 Å². The van der Waals surface area contributed by atoms with Crippen LogP contribution in [0, 0.1) is 0 Å². The zero-order valence-corrected chi connectivity index (χ0v) is 12.1. The fourth-order valence-electron chi connectivity index (χ4n) is 2.01. The lowest BCUT2D eigenvalue weighted by Crippen LogP contribution is -2.31. The number of aromatic nitrogens is 2. The third-order valence-electron chi connectivity index (χ3n) is 3.09. The minimum atomic E-state index is -1.02. The van der Waals surface area contributed by atoms with Gasteiger partial charge in [-0.25, -0.2) is 9.78 Å². The Hall–Kier alpha value is -2.83. The Morgan fingerprint density at radius 2 is 2.09 bits per heavy atom. The zero-order chi connectivity index (χ0) is 15.9. The molecule has 0 bridgehead atoms. The van der Waals surface area contributed by atoms with Gasteiger partial charge in [-0.2, -0.15) is 0 Å². The van der Waals surface area contributed by atoms with Crippen molar-refractivity contribution in [1.29, 1.82) is 0 Å². The first kappa shape index (κ1) is 15.6. The Labute approximate surface area is 127 Å². The van der Waals surface area contributed by atoms with Crippen molar-refractivity contribution in [1.82, 2.24) is 14.9 Å². The van der Waals surface area contributed by atoms with E-state index in [0.29, 0.717) is 5.69 Å². The molecule has 0 spiro atoms. The van der Waals surface area contributed by atoms with Crippen LogP contribution in [0.3, 0.4) is 0 Å². The second-order valence-electron chi connectivity index (χ2n) is 4.79. The highest BCUT2D eigenvalue weighted by molar-refractivity contribution is 5.71. The van der Waals surface area contributed by atoms with Crippen molar-refractivity contribution >= 4 is 12.1 Å². The summed E-state index contributed by atoms with van der Waals surface area (Å²) in [5.41, 5.74) is 1.45. The maximum atomic E-state index is 11.9. The van der Waals surface area contributed by atoms with E-state index >= 15 is 0 Å². The third kappa shape index (κ3) is 4.34. The Morgan fingerprint density at radius 1 is 1.36 bits per heavy atom. The fourth-order valence-corrected chi connectivity index (χ4v) is 2.01. The van der Waals surface area contributed by atoms with E-state index in [4.69, 9.17) is 9.84 Å². The molecule has 0 aliphatic heterocycles. The first-order valence-corrected chi connectivity index (χ1v) is 6.71. The van der Waals surface area contributed by atoms with E-state index in [1.807, 2.05) is 30.3 Å². The first-order valence-electron chi connectivity index (χ1n) is 6.71. The normalized spacial score (nSPS) is 11.7. The quantitative estimate of drug-likeness (QED) is 0.849. The van der Waals surface area contributed by atoms with Crippen molar-refractivity contribution in [2.45, 2.75) is 19.1 Å². The van der Waals surface area contributed by atoms with Crippen molar-refractivity contribution in [3.8, 4) is 0 Å². The van der Waals surface area contributed by atoms with Gasteiger partial charge in [-0.15, -0.1) is 0 Å². The van der Waals surface area contributed by atoms with Crippen molar-refractivity contribution in [2.75, 3.05) is 0 Å². The molecule has 0 aliphatic carbocycles. The van der Waals surface area contributed by atoms with Gasteiger partial charge in [-0.1, -0.05) is 30.3 Å². The topological polar surface area (TPSA) is 93.5 Å². The number of rotatable bonds is 6. The summed E-state index contributed by atoms with van der Waals surface area (Å²) in [6.45, 7) is 0.123. The highest BCUT2D eigenvalue weighted by Crippen LogP contribution is 2.16. The summed E-state index contributed by atoms with van der Waals surface area (Å²) in [6, 6.07) is 8.54. The number of amides is 1. The number of carbonyl (C=O) groups excluding carboxylic acids is 1. The number of hydrogen-bond acceptors (Lipinski definition) is 4. The van der Waals surface area contributed by atoms with Crippen LogP contribution in [0.15, 0.2) is 42.9 Å². The van der Waals surface area contributed by atoms with Gasteiger partial charge in [-0.3, -0.25) is 4.79 Å². The summed E-state index contributed by atoms with van der Waals surface area (Å²) < 4.78 is 6.76. The van der Waals surface area contributed by atoms with E-state index in [2.05, 4.69) is 10.3 Å². The maximum Gasteiger partial charge on any atom is 0.408 e. The molecule has 1 aromatic heterocycles. The minimum Gasteiger partial charge on any atom is -0.481 e. The van der Waals surface area contributed by atoms with E-state index in [1.54, 1.807) is 17.9 Å². The lowest BCUT2D eigenvalue weighted by Gasteiger charge is -2.17. The second-order valence-corrected chi connectivity index (χ2v) is 4.79. The number of hydrogen-bond donors (Lipinski definition) is 2. The lowest BCUT2D eigenvalue weighted by molar-refractivity contribution is -0.137. The molecule has 1 atom stereocenters. The van der Waals surface area contributed by atoms with Crippen molar-refractivity contribution in [3.63, 3.8) is 0 Å². The van der Waals surface area contributed by atoms with Crippen LogP contribution in [-0.2, 0) is 23.2 Å². The van der Waals surface area contributed by atoms with E-state index in [0.717, 1.165) is 5.56 Å². The Bertz CT molecular complexity index is 639. The largest absolute Gasteiger partial charge is 0.481 e. The molecule has 1 amide bonds. The molecule has 1 heterocycles. The van der Waals surface area contributed by atoms with Crippen LogP contribution in [-0.4, -0.2) is 26.7 Å². The molecule has 1 aromatic carbocycles. The predicted octanol–water partition coefficient (Wildman–Crippen LogP) is 1.86. The number of ether oxygens (including phenoxy) is 1. The molecular formula is C15H17N3O4. The number of carbonyl (C=O) groups is 2. The molecule has 116 valence electrons. The molecule has 2 rings (SSSR count). The molecule has 0 radical (unpaired) electrons. The van der Waals surface area contributed by atoms with Crippen molar-refractivity contribution < 1.29 is 19.4 Å².